The minimum atomic E-state index is 0.180. The van der Waals surface area contributed by atoms with E-state index in [1.165, 1.54) is 6.42 Å². The SMILES string of the molecule is O=C(C1CC2CCC1N2)N1CCOc2ccccc2C1. The third kappa shape index (κ3) is 1.99. The number of ether oxygens (including phenoxy) is 1. The molecule has 20 heavy (non-hydrogen) atoms. The standard InChI is InChI=1S/C16H20N2O2/c19-16(13-9-12-5-6-14(13)17-12)18-7-8-20-15-4-2-1-3-11(15)10-18/h1-4,12-14,17H,5-10H2. The molecule has 1 N–H and O–H groups in total. The zero-order chi connectivity index (χ0) is 13.5. The fourth-order valence-corrected chi connectivity index (χ4v) is 3.85. The molecule has 4 nitrogen and oxygen atoms in total. The highest BCUT2D eigenvalue weighted by atomic mass is 16.5. The Bertz CT molecular complexity index is 531. The minimum absolute atomic E-state index is 0.180. The van der Waals surface area contributed by atoms with E-state index in [-0.39, 0.29) is 5.92 Å². The van der Waals surface area contributed by atoms with Crippen LogP contribution in [-0.4, -0.2) is 36.0 Å². The molecule has 2 bridgehead atoms. The number of nitrogens with zero attached hydrogens (tertiary/aromatic N) is 1. The van der Waals surface area contributed by atoms with Crippen molar-refractivity contribution in [2.24, 2.45) is 5.92 Å². The highest BCUT2D eigenvalue weighted by molar-refractivity contribution is 5.80. The van der Waals surface area contributed by atoms with Crippen LogP contribution in [0.2, 0.25) is 0 Å². The van der Waals surface area contributed by atoms with E-state index in [1.807, 2.05) is 23.1 Å². The van der Waals surface area contributed by atoms with Crippen LogP contribution < -0.4 is 10.1 Å². The van der Waals surface area contributed by atoms with Crippen molar-refractivity contribution in [3.8, 4) is 5.75 Å². The monoisotopic (exact) mass is 272 g/mol. The zero-order valence-corrected chi connectivity index (χ0v) is 11.5. The molecule has 4 rings (SSSR count). The fourth-order valence-electron chi connectivity index (χ4n) is 3.85. The first-order valence-corrected chi connectivity index (χ1v) is 7.57. The molecule has 3 atom stereocenters. The first kappa shape index (κ1) is 12.2. The van der Waals surface area contributed by atoms with Crippen LogP contribution >= 0.6 is 0 Å². The van der Waals surface area contributed by atoms with Gasteiger partial charge in [-0.3, -0.25) is 4.79 Å². The van der Waals surface area contributed by atoms with E-state index in [0.717, 1.165) is 24.2 Å². The van der Waals surface area contributed by atoms with E-state index in [4.69, 9.17) is 4.74 Å². The highest BCUT2D eigenvalue weighted by Crippen LogP contribution is 2.35. The number of benzene rings is 1. The van der Waals surface area contributed by atoms with Crippen LogP contribution in [0.3, 0.4) is 0 Å². The van der Waals surface area contributed by atoms with Gasteiger partial charge < -0.3 is 15.0 Å². The van der Waals surface area contributed by atoms with Gasteiger partial charge in [0.05, 0.1) is 12.5 Å². The van der Waals surface area contributed by atoms with Crippen molar-refractivity contribution in [3.63, 3.8) is 0 Å². The largest absolute Gasteiger partial charge is 0.491 e. The third-order valence-electron chi connectivity index (χ3n) is 4.88. The molecule has 1 aromatic carbocycles. The summed E-state index contributed by atoms with van der Waals surface area (Å²) in [5.41, 5.74) is 1.12. The van der Waals surface area contributed by atoms with E-state index in [0.29, 0.717) is 37.7 Å². The highest BCUT2D eigenvalue weighted by Gasteiger charge is 2.44. The van der Waals surface area contributed by atoms with Gasteiger partial charge in [0.1, 0.15) is 12.4 Å². The molecule has 2 fully saturated rings. The van der Waals surface area contributed by atoms with Crippen molar-refractivity contribution in [1.29, 1.82) is 0 Å². The Hall–Kier alpha value is -1.55. The maximum atomic E-state index is 12.8. The van der Waals surface area contributed by atoms with Crippen LogP contribution in [-0.2, 0) is 11.3 Å². The van der Waals surface area contributed by atoms with Gasteiger partial charge in [-0.05, 0) is 25.3 Å². The molecule has 1 amide bonds. The number of carbonyl (C=O) groups excluding carboxylic acids is 1. The molecule has 0 spiro atoms. The topological polar surface area (TPSA) is 41.6 Å². The normalized spacial score (nSPS) is 31.6. The summed E-state index contributed by atoms with van der Waals surface area (Å²) in [5.74, 6) is 1.41. The second-order valence-electron chi connectivity index (χ2n) is 6.11. The Balaban J connectivity index is 1.53. The molecular weight excluding hydrogens is 252 g/mol. The Morgan fingerprint density at radius 1 is 1.30 bits per heavy atom. The third-order valence-corrected chi connectivity index (χ3v) is 4.88. The molecule has 3 aliphatic heterocycles. The van der Waals surface area contributed by atoms with Gasteiger partial charge in [-0.15, -0.1) is 0 Å². The summed E-state index contributed by atoms with van der Waals surface area (Å²) in [6, 6.07) is 9.02. The van der Waals surface area contributed by atoms with Crippen molar-refractivity contribution < 1.29 is 9.53 Å². The quantitative estimate of drug-likeness (QED) is 0.843. The number of carbonyl (C=O) groups is 1. The molecule has 3 unspecified atom stereocenters. The number of amides is 1. The Morgan fingerprint density at radius 3 is 3.00 bits per heavy atom. The van der Waals surface area contributed by atoms with Crippen LogP contribution in [0.4, 0.5) is 0 Å². The molecule has 0 radical (unpaired) electrons. The zero-order valence-electron chi connectivity index (χ0n) is 11.5. The smallest absolute Gasteiger partial charge is 0.227 e. The Kier molecular flexibility index (Phi) is 2.91. The number of hydrogen-bond donors (Lipinski definition) is 1. The van der Waals surface area contributed by atoms with Gasteiger partial charge in [-0.25, -0.2) is 0 Å². The summed E-state index contributed by atoms with van der Waals surface area (Å²) in [4.78, 5) is 14.8. The lowest BCUT2D eigenvalue weighted by Gasteiger charge is -2.27. The molecule has 106 valence electrons. The van der Waals surface area contributed by atoms with Gasteiger partial charge >= 0.3 is 0 Å². The van der Waals surface area contributed by atoms with Crippen LogP contribution in [0.5, 0.6) is 5.75 Å². The van der Waals surface area contributed by atoms with Gasteiger partial charge in [0.15, 0.2) is 0 Å². The summed E-state index contributed by atoms with van der Waals surface area (Å²) in [6.45, 7) is 1.97. The van der Waals surface area contributed by atoms with E-state index in [9.17, 15) is 4.79 Å². The predicted octanol–water partition coefficient (Wildman–Crippen LogP) is 1.55. The van der Waals surface area contributed by atoms with Gasteiger partial charge in [-0.1, -0.05) is 18.2 Å². The second-order valence-corrected chi connectivity index (χ2v) is 6.11. The molecule has 3 aliphatic rings. The number of hydrogen-bond acceptors (Lipinski definition) is 3. The van der Waals surface area contributed by atoms with Crippen LogP contribution in [0.15, 0.2) is 24.3 Å². The number of rotatable bonds is 1. The predicted molar refractivity (Wildman–Crippen MR) is 75.4 cm³/mol. The maximum absolute atomic E-state index is 12.8. The summed E-state index contributed by atoms with van der Waals surface area (Å²) in [5, 5.41) is 3.55. The molecular formula is C16H20N2O2. The second kappa shape index (κ2) is 4.77. The average molecular weight is 272 g/mol. The summed E-state index contributed by atoms with van der Waals surface area (Å²) in [6.07, 6.45) is 3.41. The van der Waals surface area contributed by atoms with Gasteiger partial charge in [0.25, 0.3) is 0 Å². The van der Waals surface area contributed by atoms with Gasteiger partial charge in [0.2, 0.25) is 5.91 Å². The van der Waals surface area contributed by atoms with Crippen LogP contribution in [0.1, 0.15) is 24.8 Å². The average Bonchev–Trinajstić information content (AvgIpc) is 3.03. The first-order chi connectivity index (χ1) is 9.81. The molecule has 1 aromatic rings. The van der Waals surface area contributed by atoms with Crippen molar-refractivity contribution in [1.82, 2.24) is 10.2 Å². The molecule has 2 saturated heterocycles. The molecule has 4 heteroatoms. The number of fused-ring (bicyclic) bond motifs is 3. The van der Waals surface area contributed by atoms with Gasteiger partial charge in [-0.2, -0.15) is 0 Å². The van der Waals surface area contributed by atoms with Crippen molar-refractivity contribution in [2.45, 2.75) is 37.9 Å². The van der Waals surface area contributed by atoms with Crippen LogP contribution in [0, 0.1) is 5.92 Å². The minimum Gasteiger partial charge on any atom is -0.491 e. The summed E-state index contributed by atoms with van der Waals surface area (Å²) >= 11 is 0. The van der Waals surface area contributed by atoms with Gasteiger partial charge in [0, 0.05) is 24.2 Å². The van der Waals surface area contributed by atoms with Crippen LogP contribution in [0.25, 0.3) is 0 Å². The Labute approximate surface area is 119 Å². The summed E-state index contributed by atoms with van der Waals surface area (Å²) in [7, 11) is 0. The van der Waals surface area contributed by atoms with E-state index >= 15 is 0 Å². The lowest BCUT2D eigenvalue weighted by Crippen LogP contribution is -2.41. The van der Waals surface area contributed by atoms with E-state index < -0.39 is 0 Å². The summed E-state index contributed by atoms with van der Waals surface area (Å²) < 4.78 is 5.74. The van der Waals surface area contributed by atoms with E-state index in [2.05, 4.69) is 11.4 Å². The fraction of sp³-hybridized carbons (Fsp3) is 0.562. The molecule has 0 saturated carbocycles. The van der Waals surface area contributed by atoms with E-state index in [1.54, 1.807) is 0 Å². The molecule has 0 aromatic heterocycles. The van der Waals surface area contributed by atoms with Crippen molar-refractivity contribution >= 4 is 5.91 Å². The number of nitrogens with one attached hydrogen (secondary N) is 1. The lowest BCUT2D eigenvalue weighted by molar-refractivity contribution is -0.136. The van der Waals surface area contributed by atoms with Crippen molar-refractivity contribution in [3.05, 3.63) is 29.8 Å². The molecule has 3 heterocycles. The maximum Gasteiger partial charge on any atom is 0.227 e. The first-order valence-electron chi connectivity index (χ1n) is 7.57. The number of para-hydroxylation sites is 1. The lowest BCUT2D eigenvalue weighted by atomic mass is 9.88. The molecule has 0 aliphatic carbocycles. The van der Waals surface area contributed by atoms with Crippen molar-refractivity contribution in [2.75, 3.05) is 13.2 Å². The Morgan fingerprint density at radius 2 is 2.20 bits per heavy atom.